The van der Waals surface area contributed by atoms with Crippen LogP contribution in [0.15, 0.2) is 79.0 Å². The average Bonchev–Trinajstić information content (AvgIpc) is 2.66. The number of aromatic nitrogens is 1. The lowest BCUT2D eigenvalue weighted by atomic mass is 9.81. The number of rotatable bonds is 1. The van der Waals surface area contributed by atoms with E-state index in [2.05, 4.69) is 17.1 Å². The fourth-order valence-electron chi connectivity index (χ4n) is 3.59. The average molecular weight is 307 g/mol. The van der Waals surface area contributed by atoms with Gasteiger partial charge in [0.1, 0.15) is 0 Å². The van der Waals surface area contributed by atoms with E-state index in [1.54, 1.807) is 0 Å². The lowest BCUT2D eigenvalue weighted by Crippen LogP contribution is -2.11. The molecule has 2 nitrogen and oxygen atoms in total. The first-order valence-corrected chi connectivity index (χ1v) is 7.96. The summed E-state index contributed by atoms with van der Waals surface area (Å²) in [6.45, 7) is 0. The Hall–Kier alpha value is -3.26. The SMILES string of the molecule is O=C1c2ccccc2-c2c(-c3ccccc3)cnc3cccc1c23. The fourth-order valence-corrected chi connectivity index (χ4v) is 3.59. The Morgan fingerprint density at radius 3 is 2.17 bits per heavy atom. The highest BCUT2D eigenvalue weighted by Gasteiger charge is 2.27. The predicted octanol–water partition coefficient (Wildman–Crippen LogP) is 5.11. The van der Waals surface area contributed by atoms with E-state index in [-0.39, 0.29) is 5.78 Å². The predicted molar refractivity (Wildman–Crippen MR) is 96.0 cm³/mol. The summed E-state index contributed by atoms with van der Waals surface area (Å²) >= 11 is 0. The molecular formula is C22H13NO. The van der Waals surface area contributed by atoms with Gasteiger partial charge in [-0.05, 0) is 17.2 Å². The van der Waals surface area contributed by atoms with Crippen LogP contribution in [0.2, 0.25) is 0 Å². The Bertz CT molecular complexity index is 1110. The third kappa shape index (κ3) is 1.71. The van der Waals surface area contributed by atoms with E-state index >= 15 is 0 Å². The molecule has 0 atom stereocenters. The maximum atomic E-state index is 12.9. The van der Waals surface area contributed by atoms with E-state index in [0.29, 0.717) is 0 Å². The third-order valence-electron chi connectivity index (χ3n) is 4.66. The van der Waals surface area contributed by atoms with Crippen LogP contribution in [0.1, 0.15) is 15.9 Å². The largest absolute Gasteiger partial charge is 0.289 e. The summed E-state index contributed by atoms with van der Waals surface area (Å²) in [6.07, 6.45) is 1.92. The van der Waals surface area contributed by atoms with Crippen molar-refractivity contribution in [2.75, 3.05) is 0 Å². The highest BCUT2D eigenvalue weighted by Crippen LogP contribution is 2.43. The molecule has 1 aliphatic rings. The number of pyridine rings is 1. The molecule has 5 rings (SSSR count). The molecular weight excluding hydrogens is 294 g/mol. The monoisotopic (exact) mass is 307 g/mol. The van der Waals surface area contributed by atoms with Crippen molar-refractivity contribution < 1.29 is 4.79 Å². The van der Waals surface area contributed by atoms with E-state index in [0.717, 1.165) is 44.3 Å². The van der Waals surface area contributed by atoms with Crippen molar-refractivity contribution in [3.63, 3.8) is 0 Å². The Morgan fingerprint density at radius 2 is 1.33 bits per heavy atom. The van der Waals surface area contributed by atoms with Gasteiger partial charge in [0.2, 0.25) is 0 Å². The van der Waals surface area contributed by atoms with Gasteiger partial charge in [-0.1, -0.05) is 66.7 Å². The smallest absolute Gasteiger partial charge is 0.194 e. The van der Waals surface area contributed by atoms with Crippen LogP contribution < -0.4 is 0 Å². The van der Waals surface area contributed by atoms with E-state index in [1.807, 2.05) is 66.9 Å². The molecule has 0 aliphatic heterocycles. The highest BCUT2D eigenvalue weighted by atomic mass is 16.1. The molecule has 0 unspecified atom stereocenters. The first-order chi connectivity index (χ1) is 11.8. The van der Waals surface area contributed by atoms with Crippen molar-refractivity contribution in [3.8, 4) is 22.3 Å². The number of carbonyl (C=O) groups excluding carboxylic acids is 1. The molecule has 2 heteroatoms. The molecule has 24 heavy (non-hydrogen) atoms. The molecule has 0 bridgehead atoms. The zero-order valence-electron chi connectivity index (χ0n) is 12.9. The summed E-state index contributed by atoms with van der Waals surface area (Å²) in [5.41, 5.74) is 6.65. The second-order valence-corrected chi connectivity index (χ2v) is 5.99. The Labute approximate surface area is 139 Å². The van der Waals surface area contributed by atoms with Crippen LogP contribution in [0.5, 0.6) is 0 Å². The van der Waals surface area contributed by atoms with Gasteiger partial charge < -0.3 is 0 Å². The number of nitrogens with zero attached hydrogens (tertiary/aromatic N) is 1. The zero-order valence-corrected chi connectivity index (χ0v) is 12.9. The van der Waals surface area contributed by atoms with Crippen LogP contribution >= 0.6 is 0 Å². The second kappa shape index (κ2) is 4.87. The summed E-state index contributed by atoms with van der Waals surface area (Å²) in [5.74, 6) is 0.0794. The number of carbonyl (C=O) groups is 1. The quantitative estimate of drug-likeness (QED) is 0.430. The molecule has 1 aromatic heterocycles. The summed E-state index contributed by atoms with van der Waals surface area (Å²) in [4.78, 5) is 17.5. The van der Waals surface area contributed by atoms with Crippen molar-refractivity contribution >= 4 is 16.7 Å². The number of hydrogen-bond acceptors (Lipinski definition) is 2. The summed E-state index contributed by atoms with van der Waals surface area (Å²) < 4.78 is 0. The van der Waals surface area contributed by atoms with Gasteiger partial charge in [-0.3, -0.25) is 9.78 Å². The second-order valence-electron chi connectivity index (χ2n) is 5.99. The minimum atomic E-state index is 0.0794. The van der Waals surface area contributed by atoms with Gasteiger partial charge in [0.25, 0.3) is 0 Å². The zero-order chi connectivity index (χ0) is 16.1. The van der Waals surface area contributed by atoms with Gasteiger partial charge in [-0.25, -0.2) is 0 Å². The minimum absolute atomic E-state index is 0.0794. The van der Waals surface area contributed by atoms with Gasteiger partial charge in [-0.15, -0.1) is 0 Å². The van der Waals surface area contributed by atoms with E-state index in [4.69, 9.17) is 0 Å². The Balaban J connectivity index is 2.00. The summed E-state index contributed by atoms with van der Waals surface area (Å²) in [7, 11) is 0. The molecule has 0 saturated carbocycles. The number of ketones is 1. The highest BCUT2D eigenvalue weighted by molar-refractivity contribution is 6.27. The summed E-state index contributed by atoms with van der Waals surface area (Å²) in [6, 6.07) is 23.9. The third-order valence-corrected chi connectivity index (χ3v) is 4.66. The number of fused-ring (bicyclic) bond motifs is 2. The van der Waals surface area contributed by atoms with Gasteiger partial charge >= 0.3 is 0 Å². The van der Waals surface area contributed by atoms with Gasteiger partial charge in [0.05, 0.1) is 5.52 Å². The van der Waals surface area contributed by atoms with Crippen molar-refractivity contribution in [2.45, 2.75) is 0 Å². The van der Waals surface area contributed by atoms with Crippen molar-refractivity contribution in [1.29, 1.82) is 0 Å². The van der Waals surface area contributed by atoms with Gasteiger partial charge in [0, 0.05) is 33.8 Å². The van der Waals surface area contributed by atoms with Crippen LogP contribution in [0, 0.1) is 0 Å². The standard InChI is InChI=1S/C22H13NO/c24-22-16-10-5-4-9-15(16)20-18(14-7-2-1-3-8-14)13-23-19-12-6-11-17(22)21(19)20/h1-13H. The molecule has 0 saturated heterocycles. The maximum absolute atomic E-state index is 12.9. The molecule has 0 spiro atoms. The molecule has 1 aliphatic carbocycles. The minimum Gasteiger partial charge on any atom is -0.289 e. The van der Waals surface area contributed by atoms with Gasteiger partial charge in [-0.2, -0.15) is 0 Å². The molecule has 4 aromatic rings. The molecule has 0 N–H and O–H groups in total. The van der Waals surface area contributed by atoms with Crippen molar-refractivity contribution in [1.82, 2.24) is 4.98 Å². The Kier molecular flexibility index (Phi) is 2.68. The molecule has 0 radical (unpaired) electrons. The van der Waals surface area contributed by atoms with Crippen molar-refractivity contribution in [3.05, 3.63) is 90.1 Å². The van der Waals surface area contributed by atoms with Crippen molar-refractivity contribution in [2.24, 2.45) is 0 Å². The van der Waals surface area contributed by atoms with E-state index in [9.17, 15) is 4.79 Å². The molecule has 0 amide bonds. The Morgan fingerprint density at radius 1 is 0.625 bits per heavy atom. The maximum Gasteiger partial charge on any atom is 0.194 e. The topological polar surface area (TPSA) is 30.0 Å². The van der Waals surface area contributed by atoms with Crippen LogP contribution in [0.4, 0.5) is 0 Å². The summed E-state index contributed by atoms with van der Waals surface area (Å²) in [5, 5.41) is 0.961. The van der Waals surface area contributed by atoms with Crippen LogP contribution in [-0.2, 0) is 0 Å². The first kappa shape index (κ1) is 13.2. The van der Waals surface area contributed by atoms with Crippen LogP contribution in [-0.4, -0.2) is 10.8 Å². The lowest BCUT2D eigenvalue weighted by molar-refractivity contribution is 0.104. The number of benzene rings is 3. The van der Waals surface area contributed by atoms with Gasteiger partial charge in [0.15, 0.2) is 5.78 Å². The van der Waals surface area contributed by atoms with E-state index < -0.39 is 0 Å². The molecule has 0 fully saturated rings. The van der Waals surface area contributed by atoms with Crippen LogP contribution in [0.3, 0.4) is 0 Å². The first-order valence-electron chi connectivity index (χ1n) is 7.96. The molecule has 3 aromatic carbocycles. The fraction of sp³-hybridized carbons (Fsp3) is 0. The molecule has 112 valence electrons. The lowest BCUT2D eigenvalue weighted by Gasteiger charge is -2.22. The normalized spacial score (nSPS) is 12.2. The van der Waals surface area contributed by atoms with E-state index in [1.165, 1.54) is 0 Å². The molecule has 1 heterocycles. The van der Waals surface area contributed by atoms with Crippen LogP contribution in [0.25, 0.3) is 33.2 Å². The number of hydrogen-bond donors (Lipinski definition) is 0.